The Morgan fingerprint density at radius 3 is 2.38 bits per heavy atom. The predicted molar refractivity (Wildman–Crippen MR) is 109 cm³/mol. The molecule has 0 bridgehead atoms. The molecule has 150 valence electrons. The number of amides is 1. The van der Waals surface area contributed by atoms with Crippen LogP contribution in [-0.4, -0.2) is 46.3 Å². The topological polar surface area (TPSA) is 97.2 Å². The summed E-state index contributed by atoms with van der Waals surface area (Å²) >= 11 is 0. The number of aryl methyl sites for hydroxylation is 1. The third-order valence-electron chi connectivity index (χ3n) is 4.86. The highest BCUT2D eigenvalue weighted by atomic mass is 32.2. The lowest BCUT2D eigenvalue weighted by Crippen LogP contribution is -2.27. The van der Waals surface area contributed by atoms with Crippen molar-refractivity contribution in [2.24, 2.45) is 7.05 Å². The van der Waals surface area contributed by atoms with E-state index in [1.54, 1.807) is 7.05 Å². The van der Waals surface area contributed by atoms with Crippen LogP contribution < -0.4 is 5.32 Å². The summed E-state index contributed by atoms with van der Waals surface area (Å²) in [6.07, 6.45) is 6.24. The molecule has 4 rings (SSSR count). The summed E-state index contributed by atoms with van der Waals surface area (Å²) in [4.78, 5) is 21.3. The Morgan fingerprint density at radius 1 is 1.07 bits per heavy atom. The largest absolute Gasteiger partial charge is 0.345 e. The molecule has 3 aromatic rings. The fraction of sp³-hybridized carbons (Fsp3) is 0.250. The third-order valence-corrected chi connectivity index (χ3v) is 6.72. The molecule has 1 aliphatic heterocycles. The van der Waals surface area contributed by atoms with Crippen LogP contribution in [0.2, 0.25) is 0 Å². The van der Waals surface area contributed by atoms with Crippen LogP contribution in [0, 0.1) is 0 Å². The summed E-state index contributed by atoms with van der Waals surface area (Å²) in [7, 11) is -1.93. The molecule has 0 saturated carbocycles. The highest BCUT2D eigenvalue weighted by Crippen LogP contribution is 2.23. The van der Waals surface area contributed by atoms with E-state index < -0.39 is 15.9 Å². The quantitative estimate of drug-likeness (QED) is 0.696. The minimum atomic E-state index is -3.58. The van der Waals surface area contributed by atoms with Crippen LogP contribution in [0.1, 0.15) is 23.3 Å². The summed E-state index contributed by atoms with van der Waals surface area (Å²) in [5, 5.41) is 2.72. The Balaban J connectivity index is 1.51. The number of carbonyl (C=O) groups is 1. The van der Waals surface area contributed by atoms with Crippen LogP contribution in [0.15, 0.2) is 59.9 Å². The first-order valence-electron chi connectivity index (χ1n) is 9.30. The molecule has 0 radical (unpaired) electrons. The second kappa shape index (κ2) is 7.76. The van der Waals surface area contributed by atoms with Gasteiger partial charge < -0.3 is 9.88 Å². The first-order chi connectivity index (χ1) is 13.9. The van der Waals surface area contributed by atoms with Gasteiger partial charge in [-0.05, 0) is 18.9 Å². The van der Waals surface area contributed by atoms with Crippen molar-refractivity contribution in [1.29, 1.82) is 0 Å². The number of sulfonamides is 1. The van der Waals surface area contributed by atoms with E-state index in [4.69, 9.17) is 0 Å². The number of benzene rings is 1. The van der Waals surface area contributed by atoms with E-state index in [0.29, 0.717) is 24.6 Å². The maximum absolute atomic E-state index is 12.7. The van der Waals surface area contributed by atoms with Crippen molar-refractivity contribution in [2.75, 3.05) is 18.4 Å². The minimum absolute atomic E-state index is 0.128. The first-order valence-corrected chi connectivity index (χ1v) is 10.7. The lowest BCUT2D eigenvalue weighted by molar-refractivity contribution is 0.101. The fourth-order valence-corrected chi connectivity index (χ4v) is 4.89. The number of nitrogens with zero attached hydrogens (tertiary/aromatic N) is 4. The molecule has 3 heterocycles. The van der Waals surface area contributed by atoms with Gasteiger partial charge in [-0.3, -0.25) is 4.79 Å². The van der Waals surface area contributed by atoms with Crippen LogP contribution in [-0.2, 0) is 17.1 Å². The van der Waals surface area contributed by atoms with Crippen molar-refractivity contribution in [3.05, 3.63) is 60.7 Å². The molecule has 1 amide bonds. The van der Waals surface area contributed by atoms with Gasteiger partial charge in [-0.15, -0.1) is 0 Å². The normalized spacial score (nSPS) is 14.8. The van der Waals surface area contributed by atoms with Crippen molar-refractivity contribution in [3.8, 4) is 11.4 Å². The molecule has 2 aromatic heterocycles. The van der Waals surface area contributed by atoms with Crippen molar-refractivity contribution in [2.45, 2.75) is 17.7 Å². The van der Waals surface area contributed by atoms with Gasteiger partial charge in [0.05, 0.1) is 18.1 Å². The van der Waals surface area contributed by atoms with Gasteiger partial charge in [-0.1, -0.05) is 30.3 Å². The van der Waals surface area contributed by atoms with Crippen LogP contribution in [0.3, 0.4) is 0 Å². The first kappa shape index (κ1) is 19.3. The second-order valence-corrected chi connectivity index (χ2v) is 8.84. The van der Waals surface area contributed by atoms with Gasteiger partial charge in [0.25, 0.3) is 5.91 Å². The Kier molecular flexibility index (Phi) is 5.16. The van der Waals surface area contributed by atoms with Gasteiger partial charge in [0.15, 0.2) is 5.82 Å². The van der Waals surface area contributed by atoms with E-state index in [2.05, 4.69) is 15.3 Å². The predicted octanol–water partition coefficient (Wildman–Crippen LogP) is 2.52. The zero-order valence-electron chi connectivity index (χ0n) is 15.9. The fourth-order valence-electron chi connectivity index (χ4n) is 3.30. The van der Waals surface area contributed by atoms with Crippen molar-refractivity contribution in [3.63, 3.8) is 0 Å². The molecule has 9 heteroatoms. The molecule has 1 aromatic carbocycles. The van der Waals surface area contributed by atoms with Crippen LogP contribution in [0.25, 0.3) is 11.4 Å². The molecule has 0 spiro atoms. The average molecular weight is 411 g/mol. The Bertz CT molecular complexity index is 1120. The Morgan fingerprint density at radius 2 is 1.72 bits per heavy atom. The maximum atomic E-state index is 12.7. The van der Waals surface area contributed by atoms with Crippen LogP contribution in [0.4, 0.5) is 5.69 Å². The summed E-state index contributed by atoms with van der Waals surface area (Å²) < 4.78 is 28.4. The number of aromatic nitrogens is 3. The van der Waals surface area contributed by atoms with Gasteiger partial charge in [0.1, 0.15) is 10.6 Å². The van der Waals surface area contributed by atoms with E-state index in [9.17, 15) is 13.2 Å². The maximum Gasteiger partial charge on any atom is 0.272 e. The highest BCUT2D eigenvalue weighted by molar-refractivity contribution is 7.89. The molecule has 8 nitrogen and oxygen atoms in total. The molecule has 0 aliphatic carbocycles. The van der Waals surface area contributed by atoms with Gasteiger partial charge in [-0.25, -0.2) is 18.4 Å². The molecular weight excluding hydrogens is 390 g/mol. The summed E-state index contributed by atoms with van der Waals surface area (Å²) in [5.74, 6) is 0.132. The zero-order chi connectivity index (χ0) is 20.4. The summed E-state index contributed by atoms with van der Waals surface area (Å²) in [6, 6.07) is 10.9. The van der Waals surface area contributed by atoms with Crippen LogP contribution in [0.5, 0.6) is 0 Å². The molecule has 1 fully saturated rings. The lowest BCUT2D eigenvalue weighted by Gasteiger charge is -2.13. The Hall–Kier alpha value is -3.04. The highest BCUT2D eigenvalue weighted by Gasteiger charge is 2.29. The number of nitrogens with one attached hydrogen (secondary N) is 1. The average Bonchev–Trinajstić information content (AvgIpc) is 3.40. The number of rotatable bonds is 5. The van der Waals surface area contributed by atoms with E-state index in [1.165, 1.54) is 33.5 Å². The third kappa shape index (κ3) is 3.92. The monoisotopic (exact) mass is 411 g/mol. The van der Waals surface area contributed by atoms with Crippen molar-refractivity contribution >= 4 is 21.6 Å². The summed E-state index contributed by atoms with van der Waals surface area (Å²) in [5.41, 5.74) is 1.55. The van der Waals surface area contributed by atoms with E-state index >= 15 is 0 Å². The Labute approximate surface area is 169 Å². The molecule has 1 saturated heterocycles. The standard InChI is InChI=1S/C20H21N5O3S/c1-24-14-17(29(27,28)25-9-5-6-10-25)11-18(24)20(26)23-16-12-21-19(22-13-16)15-7-3-2-4-8-15/h2-4,7-8,11-14H,5-6,9-10H2,1H3,(H,23,26). The molecular formula is C20H21N5O3S. The molecule has 29 heavy (non-hydrogen) atoms. The minimum Gasteiger partial charge on any atom is -0.345 e. The van der Waals surface area contributed by atoms with Gasteiger partial charge in [0, 0.05) is 31.9 Å². The van der Waals surface area contributed by atoms with E-state index in [0.717, 1.165) is 18.4 Å². The SMILES string of the molecule is Cn1cc(S(=O)(=O)N2CCCC2)cc1C(=O)Nc1cnc(-c2ccccc2)nc1. The number of carbonyl (C=O) groups excluding carboxylic acids is 1. The van der Waals surface area contributed by atoms with Crippen LogP contribution >= 0.6 is 0 Å². The van der Waals surface area contributed by atoms with E-state index in [-0.39, 0.29) is 10.6 Å². The lowest BCUT2D eigenvalue weighted by atomic mass is 10.2. The number of anilines is 1. The molecule has 1 aliphatic rings. The number of hydrogen-bond acceptors (Lipinski definition) is 5. The summed E-state index contributed by atoms with van der Waals surface area (Å²) in [6.45, 7) is 1.04. The van der Waals surface area contributed by atoms with Gasteiger partial charge >= 0.3 is 0 Å². The van der Waals surface area contributed by atoms with Gasteiger partial charge in [0.2, 0.25) is 10.0 Å². The zero-order valence-corrected chi connectivity index (χ0v) is 16.8. The van der Waals surface area contributed by atoms with Gasteiger partial charge in [-0.2, -0.15) is 4.31 Å². The second-order valence-electron chi connectivity index (χ2n) is 6.90. The molecule has 0 unspecified atom stereocenters. The molecule has 0 atom stereocenters. The van der Waals surface area contributed by atoms with Crippen molar-refractivity contribution < 1.29 is 13.2 Å². The number of hydrogen-bond donors (Lipinski definition) is 1. The van der Waals surface area contributed by atoms with Crippen molar-refractivity contribution in [1.82, 2.24) is 18.8 Å². The van der Waals surface area contributed by atoms with E-state index in [1.807, 2.05) is 30.3 Å². The molecule has 1 N–H and O–H groups in total. The smallest absolute Gasteiger partial charge is 0.272 e.